The van der Waals surface area contributed by atoms with Crippen molar-refractivity contribution in [3.8, 4) is 5.75 Å². The zero-order valence-electron chi connectivity index (χ0n) is 12.7. The van der Waals surface area contributed by atoms with Crippen molar-refractivity contribution in [2.24, 2.45) is 0 Å². The number of rotatable bonds is 6. The largest absolute Gasteiger partial charge is 0.435 e. The average Bonchev–Trinajstić information content (AvgIpc) is 3.09. The van der Waals surface area contributed by atoms with Gasteiger partial charge in [0.2, 0.25) is 5.91 Å². The van der Waals surface area contributed by atoms with E-state index in [-0.39, 0.29) is 18.1 Å². The Balaban J connectivity index is 1.62. The molecule has 2 heterocycles. The lowest BCUT2D eigenvalue weighted by atomic mass is 10.3. The number of ether oxygens (including phenoxy) is 1. The van der Waals surface area contributed by atoms with Crippen molar-refractivity contribution in [3.05, 3.63) is 36.2 Å². The van der Waals surface area contributed by atoms with Crippen molar-refractivity contribution < 1.29 is 18.3 Å². The van der Waals surface area contributed by atoms with Crippen LogP contribution in [-0.2, 0) is 11.3 Å². The Labute approximate surface area is 140 Å². The quantitative estimate of drug-likeness (QED) is 0.738. The molecule has 0 aliphatic rings. The SMILES string of the molecule is Cc1ccn(CCC(=O)Nc2nc3ccc(OC(F)F)cc3s2)n1. The molecule has 1 aromatic carbocycles. The van der Waals surface area contributed by atoms with Gasteiger partial charge in [-0.1, -0.05) is 11.3 Å². The molecule has 0 aliphatic carbocycles. The highest BCUT2D eigenvalue weighted by molar-refractivity contribution is 7.22. The maximum Gasteiger partial charge on any atom is 0.387 e. The van der Waals surface area contributed by atoms with Gasteiger partial charge in [-0.15, -0.1) is 0 Å². The van der Waals surface area contributed by atoms with Crippen LogP contribution in [0.2, 0.25) is 0 Å². The van der Waals surface area contributed by atoms with Crippen LogP contribution in [0.5, 0.6) is 5.75 Å². The third-order valence-corrected chi connectivity index (χ3v) is 4.11. The van der Waals surface area contributed by atoms with Crippen molar-refractivity contribution in [2.45, 2.75) is 26.5 Å². The molecule has 3 aromatic rings. The Morgan fingerprint density at radius 3 is 2.96 bits per heavy atom. The number of nitrogens with one attached hydrogen (secondary N) is 1. The minimum atomic E-state index is -2.87. The highest BCUT2D eigenvalue weighted by atomic mass is 32.1. The van der Waals surface area contributed by atoms with E-state index in [2.05, 4.69) is 20.1 Å². The van der Waals surface area contributed by atoms with Crippen molar-refractivity contribution in [3.63, 3.8) is 0 Å². The van der Waals surface area contributed by atoms with E-state index in [1.165, 1.54) is 23.5 Å². The molecule has 0 fully saturated rings. The van der Waals surface area contributed by atoms with Gasteiger partial charge >= 0.3 is 6.61 Å². The molecule has 126 valence electrons. The summed E-state index contributed by atoms with van der Waals surface area (Å²) in [5.41, 5.74) is 1.50. The van der Waals surface area contributed by atoms with E-state index >= 15 is 0 Å². The minimum Gasteiger partial charge on any atom is -0.435 e. The molecule has 0 atom stereocenters. The van der Waals surface area contributed by atoms with E-state index in [1.807, 2.05) is 19.2 Å². The fourth-order valence-electron chi connectivity index (χ4n) is 2.12. The summed E-state index contributed by atoms with van der Waals surface area (Å²) in [6, 6.07) is 6.33. The molecule has 0 spiro atoms. The summed E-state index contributed by atoms with van der Waals surface area (Å²) < 4.78 is 31.2. The number of hydrogen-bond donors (Lipinski definition) is 1. The van der Waals surface area contributed by atoms with Crippen LogP contribution in [0.1, 0.15) is 12.1 Å². The third kappa shape index (κ3) is 4.05. The molecule has 0 bridgehead atoms. The van der Waals surface area contributed by atoms with Gasteiger partial charge in [-0.3, -0.25) is 9.48 Å². The fraction of sp³-hybridized carbons (Fsp3) is 0.267. The lowest BCUT2D eigenvalue weighted by Crippen LogP contribution is -2.14. The van der Waals surface area contributed by atoms with Gasteiger partial charge in [-0.05, 0) is 31.2 Å². The highest BCUT2D eigenvalue weighted by Crippen LogP contribution is 2.29. The molecule has 1 N–H and O–H groups in total. The summed E-state index contributed by atoms with van der Waals surface area (Å²) in [7, 11) is 0. The second-order valence-corrected chi connectivity index (χ2v) is 6.08. The lowest BCUT2D eigenvalue weighted by molar-refractivity contribution is -0.116. The third-order valence-electron chi connectivity index (χ3n) is 3.17. The van der Waals surface area contributed by atoms with Gasteiger partial charge in [0, 0.05) is 19.2 Å². The average molecular weight is 352 g/mol. The Morgan fingerprint density at radius 1 is 1.42 bits per heavy atom. The normalized spacial score (nSPS) is 11.2. The van der Waals surface area contributed by atoms with Crippen LogP contribution in [0.4, 0.5) is 13.9 Å². The number of benzene rings is 1. The standard InChI is InChI=1S/C15H14F2N4O2S/c1-9-4-6-21(20-9)7-5-13(22)19-15-18-11-3-2-10(23-14(16)17)8-12(11)24-15/h2-4,6,8,14H,5,7H2,1H3,(H,18,19,22). The number of anilines is 1. The van der Waals surface area contributed by atoms with Gasteiger partial charge in [0.05, 0.1) is 15.9 Å². The first-order valence-corrected chi connectivity index (χ1v) is 7.96. The number of carbonyl (C=O) groups is 1. The summed E-state index contributed by atoms with van der Waals surface area (Å²) in [5, 5.41) is 7.33. The predicted octanol–water partition coefficient (Wildman–Crippen LogP) is 3.43. The Kier molecular flexibility index (Phi) is 4.70. The number of carbonyl (C=O) groups excluding carboxylic acids is 1. The highest BCUT2D eigenvalue weighted by Gasteiger charge is 2.11. The topological polar surface area (TPSA) is 69.0 Å². The number of halogens is 2. The Bertz CT molecular complexity index is 862. The van der Waals surface area contributed by atoms with Gasteiger partial charge in [0.15, 0.2) is 5.13 Å². The lowest BCUT2D eigenvalue weighted by Gasteiger charge is -2.02. The molecule has 0 saturated carbocycles. The van der Waals surface area contributed by atoms with E-state index < -0.39 is 6.61 Å². The van der Waals surface area contributed by atoms with Gasteiger partial charge in [-0.2, -0.15) is 13.9 Å². The molecular formula is C15H14F2N4O2S. The van der Waals surface area contributed by atoms with Gasteiger partial charge in [-0.25, -0.2) is 4.98 Å². The summed E-state index contributed by atoms with van der Waals surface area (Å²) in [4.78, 5) is 16.2. The van der Waals surface area contributed by atoms with Crippen LogP contribution in [0, 0.1) is 6.92 Å². The number of fused-ring (bicyclic) bond motifs is 1. The fourth-order valence-corrected chi connectivity index (χ4v) is 3.03. The second kappa shape index (κ2) is 6.91. The van der Waals surface area contributed by atoms with E-state index in [1.54, 1.807) is 10.7 Å². The number of hydrogen-bond acceptors (Lipinski definition) is 5. The first kappa shape index (κ1) is 16.3. The molecular weight excluding hydrogens is 338 g/mol. The first-order valence-electron chi connectivity index (χ1n) is 7.15. The van der Waals surface area contributed by atoms with Crippen molar-refractivity contribution >= 4 is 32.6 Å². The predicted molar refractivity (Wildman–Crippen MR) is 86.5 cm³/mol. The van der Waals surface area contributed by atoms with Crippen LogP contribution < -0.4 is 10.1 Å². The molecule has 3 rings (SSSR count). The Morgan fingerprint density at radius 2 is 2.25 bits per heavy atom. The number of nitrogens with zero attached hydrogens (tertiary/aromatic N) is 3. The zero-order chi connectivity index (χ0) is 17.1. The van der Waals surface area contributed by atoms with E-state index in [9.17, 15) is 13.6 Å². The van der Waals surface area contributed by atoms with Crippen LogP contribution in [0.25, 0.3) is 10.2 Å². The van der Waals surface area contributed by atoms with E-state index in [0.29, 0.717) is 21.9 Å². The molecule has 6 nitrogen and oxygen atoms in total. The Hall–Kier alpha value is -2.55. The van der Waals surface area contributed by atoms with Crippen LogP contribution >= 0.6 is 11.3 Å². The second-order valence-electron chi connectivity index (χ2n) is 5.05. The smallest absolute Gasteiger partial charge is 0.387 e. The number of amides is 1. The summed E-state index contributed by atoms with van der Waals surface area (Å²) in [6.07, 6.45) is 2.07. The molecule has 24 heavy (non-hydrogen) atoms. The number of thiazole rings is 1. The van der Waals surface area contributed by atoms with Crippen LogP contribution in [-0.4, -0.2) is 27.3 Å². The monoisotopic (exact) mass is 352 g/mol. The van der Waals surface area contributed by atoms with E-state index in [4.69, 9.17) is 0 Å². The van der Waals surface area contributed by atoms with Crippen LogP contribution in [0.3, 0.4) is 0 Å². The maximum absolute atomic E-state index is 12.2. The molecule has 9 heteroatoms. The van der Waals surface area contributed by atoms with Crippen LogP contribution in [0.15, 0.2) is 30.5 Å². The molecule has 2 aromatic heterocycles. The summed E-state index contributed by atoms with van der Waals surface area (Å²) in [6.45, 7) is -0.527. The molecule has 0 unspecified atom stereocenters. The zero-order valence-corrected chi connectivity index (χ0v) is 13.5. The van der Waals surface area contributed by atoms with Gasteiger partial charge in [0.25, 0.3) is 0 Å². The molecule has 0 radical (unpaired) electrons. The molecule has 1 amide bonds. The van der Waals surface area contributed by atoms with Gasteiger partial charge < -0.3 is 10.1 Å². The molecule has 0 aliphatic heterocycles. The van der Waals surface area contributed by atoms with Crippen molar-refractivity contribution in [2.75, 3.05) is 5.32 Å². The van der Waals surface area contributed by atoms with Crippen molar-refractivity contribution in [1.82, 2.24) is 14.8 Å². The molecule has 0 saturated heterocycles. The number of alkyl halides is 2. The summed E-state index contributed by atoms with van der Waals surface area (Å²) in [5.74, 6) is -0.126. The van der Waals surface area contributed by atoms with Gasteiger partial charge in [0.1, 0.15) is 5.75 Å². The number of aromatic nitrogens is 3. The minimum absolute atomic E-state index is 0.0630. The van der Waals surface area contributed by atoms with Crippen molar-refractivity contribution in [1.29, 1.82) is 0 Å². The maximum atomic E-state index is 12.2. The first-order chi connectivity index (χ1) is 11.5. The summed E-state index contributed by atoms with van der Waals surface area (Å²) >= 11 is 1.20. The van der Waals surface area contributed by atoms with E-state index in [0.717, 1.165) is 5.69 Å². The number of aryl methyl sites for hydroxylation is 2.